The quantitative estimate of drug-likeness (QED) is 0.379. The molecule has 3 rings (SSSR count). The first kappa shape index (κ1) is 24.2. The molecule has 0 fully saturated rings. The first-order chi connectivity index (χ1) is 16.0. The van der Waals surface area contributed by atoms with Gasteiger partial charge < -0.3 is 10.1 Å². The van der Waals surface area contributed by atoms with Crippen molar-refractivity contribution in [2.75, 3.05) is 16.8 Å². The molecule has 0 saturated heterocycles. The fraction of sp³-hybridized carbons (Fsp3) is 0.192. The second-order valence-electron chi connectivity index (χ2n) is 7.26. The van der Waals surface area contributed by atoms with Crippen molar-refractivity contribution < 1.29 is 19.1 Å². The van der Waals surface area contributed by atoms with E-state index in [0.29, 0.717) is 17.1 Å². The number of halogens is 1. The number of hydrogen-bond acceptors (Lipinski definition) is 4. The van der Waals surface area contributed by atoms with Crippen molar-refractivity contribution in [1.29, 1.82) is 0 Å². The number of hydrogen-bond donors (Lipinski definition) is 1. The van der Waals surface area contributed by atoms with Gasteiger partial charge in [0.2, 0.25) is 5.91 Å². The summed E-state index contributed by atoms with van der Waals surface area (Å²) < 4.78 is 6.01. The van der Waals surface area contributed by atoms with Crippen molar-refractivity contribution in [1.82, 2.24) is 0 Å². The van der Waals surface area contributed by atoms with Crippen LogP contribution in [-0.4, -0.2) is 24.4 Å². The number of nitrogens with zero attached hydrogens (tertiary/aromatic N) is 1. The average molecular weight is 509 g/mol. The lowest BCUT2D eigenvalue weighted by molar-refractivity contribution is -0.148. The molecular weight excluding hydrogens is 484 g/mol. The second kappa shape index (κ2) is 12.0. The number of benzene rings is 3. The minimum atomic E-state index is -0.605. The van der Waals surface area contributed by atoms with E-state index in [1.54, 1.807) is 11.0 Å². The Kier molecular flexibility index (Phi) is 8.78. The van der Waals surface area contributed by atoms with E-state index in [4.69, 9.17) is 4.74 Å². The summed E-state index contributed by atoms with van der Waals surface area (Å²) in [5.74, 6) is -1.27. The standard InChI is InChI=1S/C26H25BrN2O4/c1-2-19-17-20(27)13-14-23(19)28-24(30)18-33-26(32)16-15-25(31)29(21-9-5-3-6-10-21)22-11-7-4-8-12-22/h3-14,17H,2,15-16,18H2,1H3,(H,28,30). The Morgan fingerprint density at radius 1 is 0.879 bits per heavy atom. The van der Waals surface area contributed by atoms with Crippen molar-refractivity contribution in [3.05, 3.63) is 88.9 Å². The van der Waals surface area contributed by atoms with E-state index < -0.39 is 18.5 Å². The summed E-state index contributed by atoms with van der Waals surface area (Å²) in [5.41, 5.74) is 3.07. The van der Waals surface area contributed by atoms with Gasteiger partial charge in [-0.2, -0.15) is 0 Å². The molecule has 7 heteroatoms. The molecular formula is C26H25BrN2O4. The Hall–Kier alpha value is -3.45. The van der Waals surface area contributed by atoms with Gasteiger partial charge in [0, 0.05) is 28.0 Å². The third-order valence-corrected chi connectivity index (χ3v) is 5.40. The van der Waals surface area contributed by atoms with E-state index in [1.165, 1.54) is 0 Å². The first-order valence-electron chi connectivity index (χ1n) is 10.6. The van der Waals surface area contributed by atoms with E-state index in [9.17, 15) is 14.4 Å². The van der Waals surface area contributed by atoms with Crippen molar-refractivity contribution >= 4 is 50.8 Å². The molecule has 0 saturated carbocycles. The Bertz CT molecular complexity index is 1060. The molecule has 3 aromatic carbocycles. The van der Waals surface area contributed by atoms with Gasteiger partial charge >= 0.3 is 5.97 Å². The third-order valence-electron chi connectivity index (χ3n) is 4.91. The topological polar surface area (TPSA) is 75.7 Å². The molecule has 170 valence electrons. The Morgan fingerprint density at radius 2 is 1.48 bits per heavy atom. The molecule has 0 unspecified atom stereocenters. The lowest BCUT2D eigenvalue weighted by Crippen LogP contribution is -2.27. The molecule has 0 heterocycles. The summed E-state index contributed by atoms with van der Waals surface area (Å²) in [6.07, 6.45) is 0.577. The number of anilines is 3. The molecule has 0 spiro atoms. The Balaban J connectivity index is 1.54. The SMILES string of the molecule is CCc1cc(Br)ccc1NC(=O)COC(=O)CCC(=O)N(c1ccccc1)c1ccccc1. The van der Waals surface area contributed by atoms with Crippen LogP contribution in [0.2, 0.25) is 0 Å². The predicted molar refractivity (Wildman–Crippen MR) is 132 cm³/mol. The number of para-hydroxylation sites is 2. The molecule has 33 heavy (non-hydrogen) atoms. The highest BCUT2D eigenvalue weighted by molar-refractivity contribution is 9.10. The molecule has 0 aliphatic rings. The lowest BCUT2D eigenvalue weighted by Gasteiger charge is -2.23. The fourth-order valence-corrected chi connectivity index (χ4v) is 3.70. The van der Waals surface area contributed by atoms with Gasteiger partial charge in [-0.05, 0) is 54.4 Å². The Labute approximate surface area is 201 Å². The zero-order chi connectivity index (χ0) is 23.6. The van der Waals surface area contributed by atoms with Crippen LogP contribution in [-0.2, 0) is 25.5 Å². The van der Waals surface area contributed by atoms with E-state index in [0.717, 1.165) is 16.5 Å². The second-order valence-corrected chi connectivity index (χ2v) is 8.18. The van der Waals surface area contributed by atoms with Gasteiger partial charge in [0.15, 0.2) is 6.61 Å². The summed E-state index contributed by atoms with van der Waals surface area (Å²) in [6.45, 7) is 1.58. The van der Waals surface area contributed by atoms with Crippen molar-refractivity contribution in [3.8, 4) is 0 Å². The van der Waals surface area contributed by atoms with E-state index in [2.05, 4.69) is 21.2 Å². The number of nitrogens with one attached hydrogen (secondary N) is 1. The van der Waals surface area contributed by atoms with Crippen LogP contribution in [0.4, 0.5) is 17.1 Å². The molecule has 0 aliphatic carbocycles. The minimum Gasteiger partial charge on any atom is -0.456 e. The zero-order valence-corrected chi connectivity index (χ0v) is 19.9. The van der Waals surface area contributed by atoms with Crippen molar-refractivity contribution in [3.63, 3.8) is 0 Å². The molecule has 1 N–H and O–H groups in total. The molecule has 0 aromatic heterocycles. The molecule has 0 atom stereocenters. The molecule has 3 aromatic rings. The smallest absolute Gasteiger partial charge is 0.306 e. The number of esters is 1. The van der Waals surface area contributed by atoms with Gasteiger partial charge in [-0.3, -0.25) is 19.3 Å². The van der Waals surface area contributed by atoms with E-state index in [1.807, 2.05) is 79.7 Å². The number of carbonyl (C=O) groups excluding carboxylic acids is 3. The highest BCUT2D eigenvalue weighted by Gasteiger charge is 2.19. The van der Waals surface area contributed by atoms with Gasteiger partial charge in [-0.1, -0.05) is 59.3 Å². The fourth-order valence-electron chi connectivity index (χ4n) is 3.29. The highest BCUT2D eigenvalue weighted by Crippen LogP contribution is 2.26. The van der Waals surface area contributed by atoms with Crippen LogP contribution in [0.15, 0.2) is 83.3 Å². The monoisotopic (exact) mass is 508 g/mol. The highest BCUT2D eigenvalue weighted by atomic mass is 79.9. The number of ether oxygens (including phenoxy) is 1. The van der Waals surface area contributed by atoms with E-state index in [-0.39, 0.29) is 18.7 Å². The van der Waals surface area contributed by atoms with Gasteiger partial charge in [-0.15, -0.1) is 0 Å². The normalized spacial score (nSPS) is 10.4. The maximum Gasteiger partial charge on any atom is 0.306 e. The minimum absolute atomic E-state index is 0.0447. The predicted octanol–water partition coefficient (Wildman–Crippen LogP) is 5.64. The first-order valence-corrected chi connectivity index (χ1v) is 11.4. The molecule has 0 aliphatic heterocycles. The molecule has 2 amide bonds. The lowest BCUT2D eigenvalue weighted by atomic mass is 10.1. The van der Waals surface area contributed by atoms with Crippen molar-refractivity contribution in [2.45, 2.75) is 26.2 Å². The Morgan fingerprint density at radius 3 is 2.06 bits per heavy atom. The van der Waals surface area contributed by atoms with Gasteiger partial charge in [0.05, 0.1) is 6.42 Å². The third kappa shape index (κ3) is 7.02. The van der Waals surface area contributed by atoms with Crippen LogP contribution in [0.1, 0.15) is 25.3 Å². The number of rotatable bonds is 9. The number of amides is 2. The average Bonchev–Trinajstić information content (AvgIpc) is 2.84. The summed E-state index contributed by atoms with van der Waals surface area (Å²) >= 11 is 3.41. The van der Waals surface area contributed by atoms with Crippen LogP contribution in [0.25, 0.3) is 0 Å². The number of aryl methyl sites for hydroxylation is 1. The van der Waals surface area contributed by atoms with Gasteiger partial charge in [0.1, 0.15) is 0 Å². The largest absolute Gasteiger partial charge is 0.456 e. The maximum atomic E-state index is 13.0. The van der Waals surface area contributed by atoms with Crippen LogP contribution in [0.5, 0.6) is 0 Å². The van der Waals surface area contributed by atoms with Gasteiger partial charge in [0.25, 0.3) is 5.91 Å². The van der Waals surface area contributed by atoms with E-state index >= 15 is 0 Å². The zero-order valence-electron chi connectivity index (χ0n) is 18.3. The van der Waals surface area contributed by atoms with Crippen LogP contribution < -0.4 is 10.2 Å². The summed E-state index contributed by atoms with van der Waals surface area (Å²) in [5, 5.41) is 2.76. The van der Waals surface area contributed by atoms with Gasteiger partial charge in [-0.25, -0.2) is 0 Å². The van der Waals surface area contributed by atoms with Crippen LogP contribution >= 0.6 is 15.9 Å². The van der Waals surface area contributed by atoms with Crippen molar-refractivity contribution in [2.24, 2.45) is 0 Å². The molecule has 0 bridgehead atoms. The summed E-state index contributed by atoms with van der Waals surface area (Å²) in [4.78, 5) is 38.9. The molecule has 0 radical (unpaired) electrons. The van der Waals surface area contributed by atoms with Crippen LogP contribution in [0, 0.1) is 0 Å². The summed E-state index contributed by atoms with van der Waals surface area (Å²) in [7, 11) is 0. The summed E-state index contributed by atoms with van der Waals surface area (Å²) in [6, 6.07) is 24.0. The number of carbonyl (C=O) groups is 3. The van der Waals surface area contributed by atoms with Crippen LogP contribution in [0.3, 0.4) is 0 Å². The molecule has 6 nitrogen and oxygen atoms in total. The maximum absolute atomic E-state index is 13.0.